The minimum absolute atomic E-state index is 0.0972. The molecule has 1 aromatic rings. The molecule has 0 aliphatic carbocycles. The second-order valence-electron chi connectivity index (χ2n) is 2.02. The van der Waals surface area contributed by atoms with Gasteiger partial charge in [-0.2, -0.15) is 4.68 Å². The smallest absolute Gasteiger partial charge is 0.358 e. The molecule has 0 aromatic carbocycles. The van der Waals surface area contributed by atoms with Gasteiger partial charge in [-0.3, -0.25) is 0 Å². The molecule has 10 heavy (non-hydrogen) atoms. The number of hydrogen-bond donors (Lipinski definition) is 0. The van der Waals surface area contributed by atoms with Gasteiger partial charge in [0.05, 0.1) is 23.9 Å². The van der Waals surface area contributed by atoms with Crippen LogP contribution in [0, 0.1) is 17.0 Å². The lowest BCUT2D eigenvalue weighted by Crippen LogP contribution is -1.93. The molecule has 5 nitrogen and oxygen atoms in total. The third-order valence-corrected chi connectivity index (χ3v) is 1.29. The number of rotatable bonds is 1. The minimum Gasteiger partial charge on any atom is -0.358 e. The third-order valence-electron chi connectivity index (χ3n) is 1.29. The van der Waals surface area contributed by atoms with Crippen molar-refractivity contribution in [1.82, 2.24) is 9.78 Å². The molecule has 5 heteroatoms. The lowest BCUT2D eigenvalue weighted by atomic mass is 10.5. The lowest BCUT2D eigenvalue weighted by molar-refractivity contribution is -0.389. The van der Waals surface area contributed by atoms with Crippen LogP contribution < -0.4 is 0 Å². The van der Waals surface area contributed by atoms with Crippen LogP contribution in [0.2, 0.25) is 0 Å². The summed E-state index contributed by atoms with van der Waals surface area (Å²) in [4.78, 5) is 9.59. The molecule has 1 heterocycles. The molecule has 0 radical (unpaired) electrons. The highest BCUT2D eigenvalue weighted by Gasteiger charge is 2.11. The van der Waals surface area contributed by atoms with Gasteiger partial charge in [-0.1, -0.05) is 0 Å². The fraction of sp³-hybridized carbons (Fsp3) is 0.400. The largest absolute Gasteiger partial charge is 0.390 e. The van der Waals surface area contributed by atoms with Gasteiger partial charge in [0.25, 0.3) is 0 Å². The number of aromatic nitrogens is 2. The van der Waals surface area contributed by atoms with Gasteiger partial charge in [-0.25, -0.2) is 0 Å². The fourth-order valence-corrected chi connectivity index (χ4v) is 0.631. The van der Waals surface area contributed by atoms with Crippen LogP contribution >= 0.6 is 0 Å². The standard InChI is InChI=1S/C5H7N3O2/c1-4-3-5(8(9)10)6-7(4)2/h3H,1-2H3. The van der Waals surface area contributed by atoms with Gasteiger partial charge in [0.2, 0.25) is 0 Å². The van der Waals surface area contributed by atoms with Gasteiger partial charge in [0.1, 0.15) is 0 Å². The van der Waals surface area contributed by atoms with Crippen LogP contribution in [0.4, 0.5) is 5.82 Å². The molecule has 0 bridgehead atoms. The first kappa shape index (κ1) is 6.73. The van der Waals surface area contributed by atoms with Crippen molar-refractivity contribution >= 4 is 5.82 Å². The molecule has 0 unspecified atom stereocenters. The molecule has 54 valence electrons. The Morgan fingerprint density at radius 3 is 2.60 bits per heavy atom. The zero-order valence-electron chi connectivity index (χ0n) is 5.74. The highest BCUT2D eigenvalue weighted by atomic mass is 16.6. The first-order chi connectivity index (χ1) is 4.61. The van der Waals surface area contributed by atoms with Crippen molar-refractivity contribution in [2.45, 2.75) is 6.92 Å². The van der Waals surface area contributed by atoms with E-state index in [9.17, 15) is 10.1 Å². The van der Waals surface area contributed by atoms with Gasteiger partial charge in [-0.15, -0.1) is 0 Å². The molecule has 0 fully saturated rings. The second-order valence-corrected chi connectivity index (χ2v) is 2.02. The summed E-state index contributed by atoms with van der Waals surface area (Å²) in [6.07, 6.45) is 0. The molecular weight excluding hydrogens is 134 g/mol. The molecule has 0 saturated carbocycles. The molecule has 0 atom stereocenters. The Balaban J connectivity index is 3.10. The average Bonchev–Trinajstić information content (AvgIpc) is 2.13. The Kier molecular flexibility index (Phi) is 1.41. The zero-order chi connectivity index (χ0) is 7.72. The maximum Gasteiger partial charge on any atom is 0.390 e. The predicted molar refractivity (Wildman–Crippen MR) is 34.6 cm³/mol. The van der Waals surface area contributed by atoms with Crippen molar-refractivity contribution in [3.8, 4) is 0 Å². The van der Waals surface area contributed by atoms with Crippen molar-refractivity contribution in [2.75, 3.05) is 0 Å². The van der Waals surface area contributed by atoms with E-state index in [1.165, 1.54) is 10.7 Å². The molecule has 1 aromatic heterocycles. The summed E-state index contributed by atoms with van der Waals surface area (Å²) in [6.45, 7) is 1.76. The van der Waals surface area contributed by atoms with Crippen LogP contribution in [0.5, 0.6) is 0 Å². The van der Waals surface area contributed by atoms with Crippen LogP contribution in [0.25, 0.3) is 0 Å². The number of nitro groups is 1. The van der Waals surface area contributed by atoms with E-state index in [1.807, 2.05) is 0 Å². The van der Waals surface area contributed by atoms with E-state index in [4.69, 9.17) is 0 Å². The van der Waals surface area contributed by atoms with Crippen LogP contribution in [0.1, 0.15) is 5.69 Å². The van der Waals surface area contributed by atoms with E-state index < -0.39 is 4.92 Å². The molecule has 0 N–H and O–H groups in total. The maximum absolute atomic E-state index is 10.1. The highest BCUT2D eigenvalue weighted by molar-refractivity contribution is 5.20. The molecule has 0 aliphatic rings. The molecule has 0 saturated heterocycles. The SMILES string of the molecule is Cc1cc([N+](=O)[O-])nn1C. The van der Waals surface area contributed by atoms with E-state index >= 15 is 0 Å². The third kappa shape index (κ3) is 0.975. The summed E-state index contributed by atoms with van der Waals surface area (Å²) in [6, 6.07) is 1.43. The van der Waals surface area contributed by atoms with Crippen molar-refractivity contribution in [3.05, 3.63) is 21.9 Å². The molecule has 0 amide bonds. The van der Waals surface area contributed by atoms with Crippen molar-refractivity contribution in [1.29, 1.82) is 0 Å². The van der Waals surface area contributed by atoms with Crippen molar-refractivity contribution < 1.29 is 4.92 Å². The van der Waals surface area contributed by atoms with E-state index in [2.05, 4.69) is 5.10 Å². The van der Waals surface area contributed by atoms with E-state index in [0.29, 0.717) is 0 Å². The van der Waals surface area contributed by atoms with Gasteiger partial charge in [0, 0.05) is 0 Å². The summed E-state index contributed by atoms with van der Waals surface area (Å²) in [5.74, 6) is -0.0972. The van der Waals surface area contributed by atoms with Crippen molar-refractivity contribution in [3.63, 3.8) is 0 Å². The lowest BCUT2D eigenvalue weighted by Gasteiger charge is -1.81. The van der Waals surface area contributed by atoms with E-state index in [1.54, 1.807) is 14.0 Å². The highest BCUT2D eigenvalue weighted by Crippen LogP contribution is 2.08. The first-order valence-corrected chi connectivity index (χ1v) is 2.76. The zero-order valence-corrected chi connectivity index (χ0v) is 5.74. The Hall–Kier alpha value is -1.39. The molecule has 0 aliphatic heterocycles. The Morgan fingerprint density at radius 2 is 2.40 bits per heavy atom. The molecular formula is C5H7N3O2. The average molecular weight is 141 g/mol. The molecule has 1 rings (SSSR count). The summed E-state index contributed by atoms with van der Waals surface area (Å²) >= 11 is 0. The summed E-state index contributed by atoms with van der Waals surface area (Å²) in [5.41, 5.74) is 0.784. The summed E-state index contributed by atoms with van der Waals surface area (Å²) in [5, 5.41) is 13.7. The van der Waals surface area contributed by atoms with E-state index in [0.717, 1.165) is 5.69 Å². The van der Waals surface area contributed by atoms with Crippen molar-refractivity contribution in [2.24, 2.45) is 7.05 Å². The quantitative estimate of drug-likeness (QED) is 0.425. The van der Waals surface area contributed by atoms with Gasteiger partial charge in [0.15, 0.2) is 0 Å². The Bertz CT molecular complexity index is 246. The minimum atomic E-state index is -0.507. The fourth-order valence-electron chi connectivity index (χ4n) is 0.631. The predicted octanol–water partition coefficient (Wildman–Crippen LogP) is 0.637. The normalized spacial score (nSPS) is 9.80. The molecule has 0 spiro atoms. The number of hydrogen-bond acceptors (Lipinski definition) is 3. The van der Waals surface area contributed by atoms with Crippen LogP contribution in [0.3, 0.4) is 0 Å². The van der Waals surface area contributed by atoms with Crippen LogP contribution in [-0.2, 0) is 7.05 Å². The monoisotopic (exact) mass is 141 g/mol. The number of nitrogens with zero attached hydrogens (tertiary/aromatic N) is 3. The number of aryl methyl sites for hydroxylation is 2. The van der Waals surface area contributed by atoms with Gasteiger partial charge >= 0.3 is 5.82 Å². The Labute approximate surface area is 57.4 Å². The van der Waals surface area contributed by atoms with Crippen LogP contribution in [-0.4, -0.2) is 14.7 Å². The summed E-state index contributed by atoms with van der Waals surface area (Å²) in [7, 11) is 1.67. The van der Waals surface area contributed by atoms with Crippen LogP contribution in [0.15, 0.2) is 6.07 Å². The summed E-state index contributed by atoms with van der Waals surface area (Å²) < 4.78 is 1.47. The second kappa shape index (κ2) is 2.09. The maximum atomic E-state index is 10.1. The first-order valence-electron chi connectivity index (χ1n) is 2.76. The van der Waals surface area contributed by atoms with Gasteiger partial charge < -0.3 is 10.1 Å². The van der Waals surface area contributed by atoms with E-state index in [-0.39, 0.29) is 5.82 Å². The Morgan fingerprint density at radius 1 is 1.80 bits per heavy atom. The van der Waals surface area contributed by atoms with Gasteiger partial charge in [-0.05, 0) is 11.8 Å². The topological polar surface area (TPSA) is 61.0 Å².